The second-order valence-corrected chi connectivity index (χ2v) is 7.84. The molecule has 166 valence electrons. The molecular formula is C21H35Cl2FN4O. The molecule has 1 aromatic carbocycles. The monoisotopic (exact) mass is 448 g/mol. The van der Waals surface area contributed by atoms with Gasteiger partial charge in [0.15, 0.2) is 0 Å². The number of nitrogens with zero attached hydrogens (tertiary/aromatic N) is 3. The van der Waals surface area contributed by atoms with Gasteiger partial charge in [-0.15, -0.1) is 24.8 Å². The molecule has 3 rings (SSSR count). The summed E-state index contributed by atoms with van der Waals surface area (Å²) in [6.45, 7) is 8.37. The second kappa shape index (κ2) is 12.6. The zero-order chi connectivity index (χ0) is 19.2. The molecule has 1 amide bonds. The van der Waals surface area contributed by atoms with Gasteiger partial charge >= 0.3 is 0 Å². The van der Waals surface area contributed by atoms with Crippen LogP contribution in [-0.4, -0.2) is 74.6 Å². The summed E-state index contributed by atoms with van der Waals surface area (Å²) in [6.07, 6.45) is 3.45. The zero-order valence-electron chi connectivity index (χ0n) is 17.5. The molecule has 0 aromatic heterocycles. The van der Waals surface area contributed by atoms with Crippen LogP contribution in [0.25, 0.3) is 0 Å². The molecule has 8 heteroatoms. The molecule has 2 aliphatic rings. The van der Waals surface area contributed by atoms with Crippen molar-refractivity contribution in [1.29, 1.82) is 0 Å². The predicted molar refractivity (Wildman–Crippen MR) is 122 cm³/mol. The highest BCUT2D eigenvalue weighted by Gasteiger charge is 2.30. The Morgan fingerprint density at radius 1 is 1.07 bits per heavy atom. The van der Waals surface area contributed by atoms with Gasteiger partial charge in [-0.25, -0.2) is 4.39 Å². The van der Waals surface area contributed by atoms with Crippen molar-refractivity contribution in [3.8, 4) is 0 Å². The molecule has 0 radical (unpaired) electrons. The average molecular weight is 449 g/mol. The van der Waals surface area contributed by atoms with E-state index in [2.05, 4.69) is 20.0 Å². The van der Waals surface area contributed by atoms with Crippen molar-refractivity contribution < 1.29 is 9.18 Å². The van der Waals surface area contributed by atoms with Crippen molar-refractivity contribution >= 4 is 36.4 Å². The van der Waals surface area contributed by atoms with Crippen LogP contribution in [0.15, 0.2) is 24.3 Å². The van der Waals surface area contributed by atoms with Gasteiger partial charge in [0.2, 0.25) is 5.91 Å². The predicted octanol–water partition coefficient (Wildman–Crippen LogP) is 3.03. The van der Waals surface area contributed by atoms with E-state index in [1.165, 1.54) is 18.6 Å². The summed E-state index contributed by atoms with van der Waals surface area (Å²) in [5.41, 5.74) is 1.05. The number of amides is 1. The minimum Gasteiger partial charge on any atom is -0.369 e. The third-order valence-corrected chi connectivity index (χ3v) is 6.14. The first kappa shape index (κ1) is 26.0. The number of hydrogen-bond acceptors (Lipinski definition) is 4. The van der Waals surface area contributed by atoms with Crippen LogP contribution in [0.5, 0.6) is 0 Å². The maximum atomic E-state index is 13.1. The first-order chi connectivity index (χ1) is 13.1. The van der Waals surface area contributed by atoms with E-state index in [-0.39, 0.29) is 42.6 Å². The van der Waals surface area contributed by atoms with Gasteiger partial charge in [-0.1, -0.05) is 0 Å². The number of likely N-dealkylation sites (tertiary alicyclic amines) is 1. The maximum Gasteiger partial charge on any atom is 0.239 e. The van der Waals surface area contributed by atoms with Crippen molar-refractivity contribution in [2.45, 2.75) is 32.2 Å². The molecule has 0 bridgehead atoms. The Labute approximate surface area is 186 Å². The van der Waals surface area contributed by atoms with Gasteiger partial charge in [0.1, 0.15) is 5.82 Å². The summed E-state index contributed by atoms with van der Waals surface area (Å²) in [7, 11) is 2.00. The summed E-state index contributed by atoms with van der Waals surface area (Å²) in [5.74, 6) is 0.819. The summed E-state index contributed by atoms with van der Waals surface area (Å²) >= 11 is 0. The number of carbonyl (C=O) groups is 1. The zero-order valence-corrected chi connectivity index (χ0v) is 19.1. The molecule has 2 aliphatic heterocycles. The standard InChI is InChI=1S/C21H33FN4O.2ClH/c1-17(21(27)26-11-8-18(9-12-26)7-10-23-2)24-13-15-25(16-14-24)20-5-3-19(22)4-6-20;;/h3-6,17-18,23H,7-16H2,1-2H3;2*1H. The summed E-state index contributed by atoms with van der Waals surface area (Å²) in [5, 5.41) is 3.22. The normalized spacial score (nSPS) is 19.3. The highest BCUT2D eigenvalue weighted by Crippen LogP contribution is 2.22. The Morgan fingerprint density at radius 2 is 1.66 bits per heavy atom. The number of carbonyl (C=O) groups excluding carboxylic acids is 1. The molecule has 29 heavy (non-hydrogen) atoms. The lowest BCUT2D eigenvalue weighted by Gasteiger charge is -2.41. The third-order valence-electron chi connectivity index (χ3n) is 6.14. The van der Waals surface area contributed by atoms with Crippen molar-refractivity contribution in [2.75, 3.05) is 57.8 Å². The van der Waals surface area contributed by atoms with E-state index in [9.17, 15) is 9.18 Å². The number of rotatable bonds is 6. The van der Waals surface area contributed by atoms with Crippen molar-refractivity contribution in [3.05, 3.63) is 30.1 Å². The van der Waals surface area contributed by atoms with Gasteiger partial charge < -0.3 is 15.1 Å². The molecule has 5 nitrogen and oxygen atoms in total. The van der Waals surface area contributed by atoms with E-state index < -0.39 is 0 Å². The Morgan fingerprint density at radius 3 is 2.21 bits per heavy atom. The van der Waals surface area contributed by atoms with E-state index in [0.717, 1.165) is 70.3 Å². The van der Waals surface area contributed by atoms with Gasteiger partial charge in [0.05, 0.1) is 6.04 Å². The van der Waals surface area contributed by atoms with E-state index >= 15 is 0 Å². The molecule has 0 spiro atoms. The van der Waals surface area contributed by atoms with Gasteiger partial charge in [0, 0.05) is 45.0 Å². The molecule has 2 saturated heterocycles. The highest BCUT2D eigenvalue weighted by molar-refractivity contribution is 5.85. The largest absolute Gasteiger partial charge is 0.369 e. The van der Waals surface area contributed by atoms with Crippen molar-refractivity contribution in [2.24, 2.45) is 5.92 Å². The number of anilines is 1. The van der Waals surface area contributed by atoms with Crippen molar-refractivity contribution in [3.63, 3.8) is 0 Å². The SMILES string of the molecule is CNCCC1CCN(C(=O)C(C)N2CCN(c3ccc(F)cc3)CC2)CC1.Cl.Cl. The first-order valence-corrected chi connectivity index (χ1v) is 10.3. The Kier molecular flexibility index (Phi) is 11.3. The second-order valence-electron chi connectivity index (χ2n) is 7.84. The molecule has 1 aromatic rings. The van der Waals surface area contributed by atoms with Gasteiger partial charge in [0.25, 0.3) is 0 Å². The van der Waals surface area contributed by atoms with E-state index in [0.29, 0.717) is 0 Å². The maximum absolute atomic E-state index is 13.1. The van der Waals surface area contributed by atoms with Crippen LogP contribution in [-0.2, 0) is 4.79 Å². The van der Waals surface area contributed by atoms with Crippen LogP contribution < -0.4 is 10.2 Å². The fourth-order valence-electron chi connectivity index (χ4n) is 4.23. The Balaban J connectivity index is 0.00000210. The van der Waals surface area contributed by atoms with Crippen LogP contribution >= 0.6 is 24.8 Å². The fraction of sp³-hybridized carbons (Fsp3) is 0.667. The molecule has 1 N–H and O–H groups in total. The number of nitrogens with one attached hydrogen (secondary N) is 1. The number of benzene rings is 1. The summed E-state index contributed by atoms with van der Waals surface area (Å²) in [6, 6.07) is 6.62. The number of piperidine rings is 1. The average Bonchev–Trinajstić information content (AvgIpc) is 2.72. The molecule has 0 saturated carbocycles. The van der Waals surface area contributed by atoms with E-state index in [4.69, 9.17) is 0 Å². The third kappa shape index (κ3) is 6.99. The smallest absolute Gasteiger partial charge is 0.239 e. The molecule has 2 fully saturated rings. The van der Waals surface area contributed by atoms with Crippen LogP contribution in [0.4, 0.5) is 10.1 Å². The number of piperazine rings is 1. The van der Waals surface area contributed by atoms with Gasteiger partial charge in [-0.05, 0) is 70.0 Å². The Bertz CT molecular complexity index is 603. The lowest BCUT2D eigenvalue weighted by atomic mass is 9.93. The Hall–Kier alpha value is -1.08. The number of halogens is 3. The molecule has 2 heterocycles. The molecule has 1 atom stereocenters. The van der Waals surface area contributed by atoms with Crippen LogP contribution in [0.3, 0.4) is 0 Å². The van der Waals surface area contributed by atoms with Crippen LogP contribution in [0.2, 0.25) is 0 Å². The van der Waals surface area contributed by atoms with Crippen molar-refractivity contribution in [1.82, 2.24) is 15.1 Å². The summed E-state index contributed by atoms with van der Waals surface area (Å²) in [4.78, 5) is 19.5. The lowest BCUT2D eigenvalue weighted by Crippen LogP contribution is -2.55. The first-order valence-electron chi connectivity index (χ1n) is 10.3. The number of hydrogen-bond donors (Lipinski definition) is 1. The fourth-order valence-corrected chi connectivity index (χ4v) is 4.23. The molecule has 0 aliphatic carbocycles. The lowest BCUT2D eigenvalue weighted by molar-refractivity contribution is -0.138. The topological polar surface area (TPSA) is 38.8 Å². The van der Waals surface area contributed by atoms with Crippen LogP contribution in [0.1, 0.15) is 26.2 Å². The quantitative estimate of drug-likeness (QED) is 0.725. The highest BCUT2D eigenvalue weighted by atomic mass is 35.5. The molecular weight excluding hydrogens is 414 g/mol. The minimum atomic E-state index is -0.202. The van der Waals surface area contributed by atoms with E-state index in [1.54, 1.807) is 0 Å². The minimum absolute atomic E-state index is 0. The van der Waals surface area contributed by atoms with Gasteiger partial charge in [-0.2, -0.15) is 0 Å². The summed E-state index contributed by atoms with van der Waals surface area (Å²) < 4.78 is 13.1. The van der Waals surface area contributed by atoms with Crippen LogP contribution in [0, 0.1) is 11.7 Å². The van der Waals surface area contributed by atoms with Gasteiger partial charge in [-0.3, -0.25) is 9.69 Å². The van der Waals surface area contributed by atoms with E-state index in [1.807, 2.05) is 26.1 Å². The molecule has 1 unspecified atom stereocenters.